The molecule has 2 aromatic heterocycles. The monoisotopic (exact) mass is 740 g/mol. The van der Waals surface area contributed by atoms with Crippen molar-refractivity contribution >= 4 is 51.7 Å². The lowest BCUT2D eigenvalue weighted by atomic mass is 9.71. The van der Waals surface area contributed by atoms with Gasteiger partial charge < -0.3 is 20.0 Å². The smallest absolute Gasteiger partial charge is 0.287 e. The SMILES string of the molecule is CN1CC(Nc2cnn(C)c(=O)c2Cl)CC(c2ccc(C(=O)N3CCC4(CC3)CCN(c3ccc5nnn(C6CCC(=O)NC6=O)c5c3)CC4)cc2)C1. The predicted octanol–water partition coefficient (Wildman–Crippen LogP) is 3.58. The van der Waals surface area contributed by atoms with E-state index >= 15 is 0 Å². The first-order chi connectivity index (χ1) is 25.6. The van der Waals surface area contributed by atoms with E-state index in [1.54, 1.807) is 17.9 Å². The molecule has 278 valence electrons. The molecule has 4 aliphatic heterocycles. The molecule has 2 N–H and O–H groups in total. The number of nitrogens with zero attached hydrogens (tertiary/aromatic N) is 8. The number of hydrogen-bond acceptors (Lipinski definition) is 10. The first-order valence-corrected chi connectivity index (χ1v) is 18.9. The highest BCUT2D eigenvalue weighted by Gasteiger charge is 2.39. The number of rotatable bonds is 6. The van der Waals surface area contributed by atoms with Crippen molar-refractivity contribution in [3.63, 3.8) is 0 Å². The van der Waals surface area contributed by atoms with E-state index in [0.717, 1.165) is 93.7 Å². The maximum absolute atomic E-state index is 13.6. The Morgan fingerprint density at radius 1 is 0.962 bits per heavy atom. The zero-order valence-corrected chi connectivity index (χ0v) is 30.9. The molecule has 4 aromatic rings. The van der Waals surface area contributed by atoms with E-state index in [0.29, 0.717) is 12.1 Å². The van der Waals surface area contributed by atoms with Crippen molar-refractivity contribution in [1.29, 1.82) is 0 Å². The first-order valence-electron chi connectivity index (χ1n) is 18.6. The van der Waals surface area contributed by atoms with E-state index < -0.39 is 6.04 Å². The number of likely N-dealkylation sites (tertiary alicyclic amines) is 2. The molecule has 1 spiro atoms. The number of likely N-dealkylation sites (N-methyl/N-ethyl adjacent to an activating group) is 1. The highest BCUT2D eigenvalue weighted by atomic mass is 35.5. The third kappa shape index (κ3) is 7.01. The van der Waals surface area contributed by atoms with Crippen LogP contribution in [0.3, 0.4) is 0 Å². The fourth-order valence-corrected chi connectivity index (χ4v) is 8.99. The van der Waals surface area contributed by atoms with Crippen LogP contribution in [0.2, 0.25) is 5.02 Å². The lowest BCUT2D eigenvalue weighted by molar-refractivity contribution is -0.135. The van der Waals surface area contributed by atoms with Crippen LogP contribution in [0.5, 0.6) is 0 Å². The molecular weight excluding hydrogens is 696 g/mol. The molecule has 0 saturated carbocycles. The second-order valence-electron chi connectivity index (χ2n) is 15.4. The fourth-order valence-electron chi connectivity index (χ4n) is 8.77. The van der Waals surface area contributed by atoms with Crippen LogP contribution >= 0.6 is 11.6 Å². The maximum atomic E-state index is 13.6. The van der Waals surface area contributed by atoms with Gasteiger partial charge in [0, 0.05) is 70.0 Å². The van der Waals surface area contributed by atoms with E-state index in [2.05, 4.69) is 67.2 Å². The van der Waals surface area contributed by atoms with Crippen molar-refractivity contribution < 1.29 is 14.4 Å². The van der Waals surface area contributed by atoms with Gasteiger partial charge in [0.2, 0.25) is 5.91 Å². The molecule has 4 saturated heterocycles. The normalized spacial score (nSPS) is 23.7. The lowest BCUT2D eigenvalue weighted by Gasteiger charge is -2.47. The fraction of sp³-hybridized carbons (Fsp3) is 0.500. The summed E-state index contributed by atoms with van der Waals surface area (Å²) < 4.78 is 2.88. The third-order valence-corrected chi connectivity index (χ3v) is 12.3. The minimum atomic E-state index is -0.545. The summed E-state index contributed by atoms with van der Waals surface area (Å²) in [7, 11) is 3.67. The van der Waals surface area contributed by atoms with Crippen LogP contribution in [-0.2, 0) is 16.6 Å². The Hall–Kier alpha value is -4.82. The van der Waals surface area contributed by atoms with Crippen molar-refractivity contribution in [2.75, 3.05) is 56.5 Å². The van der Waals surface area contributed by atoms with Gasteiger partial charge >= 0.3 is 0 Å². The van der Waals surface area contributed by atoms with Crippen LogP contribution in [0, 0.1) is 5.41 Å². The number of amides is 3. The number of hydrogen-bond donors (Lipinski definition) is 2. The van der Waals surface area contributed by atoms with E-state index in [9.17, 15) is 19.2 Å². The van der Waals surface area contributed by atoms with Gasteiger partial charge in [0.05, 0.1) is 17.4 Å². The molecule has 3 atom stereocenters. The largest absolute Gasteiger partial charge is 0.378 e. The van der Waals surface area contributed by atoms with Crippen LogP contribution in [0.25, 0.3) is 11.0 Å². The van der Waals surface area contributed by atoms with Gasteiger partial charge in [-0.2, -0.15) is 5.10 Å². The standard InChI is InChI=1S/C38H45ClN10O4/c1-45-22-26(19-27(23-45)41-30-21-40-46(2)37(53)34(30)39)24-3-5-25(6-4-24)36(52)48-17-13-38(14-18-48)11-15-47(16-12-38)28-7-8-29-32(20-28)49(44-43-29)31-9-10-33(50)42-35(31)51/h3-8,20-21,26-27,31,41H,9-19,22-23H2,1-2H3,(H,42,50,51). The molecule has 8 rings (SSSR count). The topological polar surface area (TPSA) is 151 Å². The first kappa shape index (κ1) is 35.2. The molecule has 0 radical (unpaired) electrons. The number of benzene rings is 2. The summed E-state index contributed by atoms with van der Waals surface area (Å²) in [5.74, 6) is -0.230. The van der Waals surface area contributed by atoms with Gasteiger partial charge in [-0.05, 0) is 92.8 Å². The number of aromatic nitrogens is 5. The maximum Gasteiger partial charge on any atom is 0.287 e. The number of piperidine rings is 4. The second-order valence-corrected chi connectivity index (χ2v) is 15.7. The Balaban J connectivity index is 0.854. The molecule has 2 aromatic carbocycles. The van der Waals surface area contributed by atoms with E-state index in [4.69, 9.17) is 11.6 Å². The van der Waals surface area contributed by atoms with Gasteiger partial charge in [0.25, 0.3) is 17.4 Å². The number of carbonyl (C=O) groups excluding carboxylic acids is 3. The second kappa shape index (κ2) is 14.2. The molecule has 6 heterocycles. The van der Waals surface area contributed by atoms with Gasteiger partial charge in [-0.15, -0.1) is 5.10 Å². The van der Waals surface area contributed by atoms with Gasteiger partial charge in [0.1, 0.15) is 16.6 Å². The lowest BCUT2D eigenvalue weighted by Crippen LogP contribution is -2.48. The summed E-state index contributed by atoms with van der Waals surface area (Å²) in [5, 5.41) is 18.7. The van der Waals surface area contributed by atoms with Crippen molar-refractivity contribution in [3.05, 3.63) is 75.2 Å². The number of anilines is 2. The van der Waals surface area contributed by atoms with Crippen LogP contribution in [0.1, 0.15) is 72.8 Å². The van der Waals surface area contributed by atoms with E-state index in [1.807, 2.05) is 23.1 Å². The minimum Gasteiger partial charge on any atom is -0.378 e. The van der Waals surface area contributed by atoms with Gasteiger partial charge in [-0.1, -0.05) is 28.9 Å². The van der Waals surface area contributed by atoms with Crippen LogP contribution in [-0.4, -0.2) is 105 Å². The molecule has 15 heteroatoms. The molecule has 0 aliphatic carbocycles. The summed E-state index contributed by atoms with van der Waals surface area (Å²) in [4.78, 5) is 56.8. The minimum absolute atomic E-state index is 0.0893. The van der Waals surface area contributed by atoms with Crippen LogP contribution in [0.15, 0.2) is 53.5 Å². The number of aryl methyl sites for hydroxylation is 1. The van der Waals surface area contributed by atoms with Gasteiger partial charge in [-0.3, -0.25) is 24.5 Å². The summed E-state index contributed by atoms with van der Waals surface area (Å²) in [6.07, 6.45) is 7.27. The van der Waals surface area contributed by atoms with Crippen molar-refractivity contribution in [2.24, 2.45) is 12.5 Å². The third-order valence-electron chi connectivity index (χ3n) is 12.0. The zero-order valence-electron chi connectivity index (χ0n) is 30.1. The quantitative estimate of drug-likeness (QED) is 0.281. The van der Waals surface area contributed by atoms with E-state index in [-0.39, 0.29) is 52.1 Å². The Kier molecular flexibility index (Phi) is 9.44. The number of carbonyl (C=O) groups is 3. The summed E-state index contributed by atoms with van der Waals surface area (Å²) in [6, 6.07) is 13.8. The molecule has 3 unspecified atom stereocenters. The number of imide groups is 1. The highest BCUT2D eigenvalue weighted by Crippen LogP contribution is 2.43. The molecular formula is C38H45ClN10O4. The van der Waals surface area contributed by atoms with E-state index in [1.165, 1.54) is 10.2 Å². The van der Waals surface area contributed by atoms with Gasteiger partial charge in [0.15, 0.2) is 0 Å². The number of fused-ring (bicyclic) bond motifs is 1. The molecule has 14 nitrogen and oxygen atoms in total. The molecule has 4 aliphatic rings. The van der Waals surface area contributed by atoms with Crippen molar-refractivity contribution in [1.82, 2.24) is 39.9 Å². The van der Waals surface area contributed by atoms with Crippen molar-refractivity contribution in [3.8, 4) is 0 Å². The molecule has 4 fully saturated rings. The summed E-state index contributed by atoms with van der Waals surface area (Å²) in [5.41, 5.74) is 4.96. The number of nitrogens with one attached hydrogen (secondary N) is 2. The summed E-state index contributed by atoms with van der Waals surface area (Å²) >= 11 is 6.33. The van der Waals surface area contributed by atoms with Crippen molar-refractivity contribution in [2.45, 2.75) is 62.9 Å². The Morgan fingerprint density at radius 2 is 1.70 bits per heavy atom. The molecule has 3 amide bonds. The molecule has 53 heavy (non-hydrogen) atoms. The molecule has 0 bridgehead atoms. The highest BCUT2D eigenvalue weighted by molar-refractivity contribution is 6.32. The zero-order chi connectivity index (χ0) is 36.9. The Bertz CT molecular complexity index is 2100. The average Bonchev–Trinajstić information content (AvgIpc) is 3.58. The predicted molar refractivity (Wildman–Crippen MR) is 201 cm³/mol. The van der Waals surface area contributed by atoms with Crippen LogP contribution < -0.4 is 21.1 Å². The Morgan fingerprint density at radius 3 is 2.43 bits per heavy atom. The average molecular weight is 741 g/mol. The van der Waals surface area contributed by atoms with Gasteiger partial charge in [-0.25, -0.2) is 9.36 Å². The number of halogens is 1. The summed E-state index contributed by atoms with van der Waals surface area (Å²) in [6.45, 7) is 5.06. The van der Waals surface area contributed by atoms with Crippen LogP contribution in [0.4, 0.5) is 11.4 Å². The Labute approximate surface area is 312 Å².